The highest BCUT2D eigenvalue weighted by Crippen LogP contribution is 2.27. The van der Waals surface area contributed by atoms with E-state index in [1.54, 1.807) is 17.7 Å². The van der Waals surface area contributed by atoms with Crippen molar-refractivity contribution in [1.29, 1.82) is 0 Å². The first-order chi connectivity index (χ1) is 5.18. The van der Waals surface area contributed by atoms with Gasteiger partial charge in [-0.2, -0.15) is 0 Å². The summed E-state index contributed by atoms with van der Waals surface area (Å²) in [5.41, 5.74) is 0. The molecule has 0 aromatic rings. The van der Waals surface area contributed by atoms with E-state index in [9.17, 15) is 4.79 Å². The molecule has 0 fully saturated rings. The predicted octanol–water partition coefficient (Wildman–Crippen LogP) is 2.64. The van der Waals surface area contributed by atoms with Gasteiger partial charge in [0.15, 0.2) is 0 Å². The summed E-state index contributed by atoms with van der Waals surface area (Å²) in [5, 5.41) is 8.22. The van der Waals surface area contributed by atoms with Gasteiger partial charge in [-0.05, 0) is 13.3 Å². The lowest BCUT2D eigenvalue weighted by Gasteiger charge is -2.03. The normalized spacial score (nSPS) is 12.9. The quantitative estimate of drug-likeness (QED) is 0.521. The lowest BCUT2D eigenvalue weighted by Crippen LogP contribution is -2.09. The minimum absolute atomic E-state index is 0.281. The largest absolute Gasteiger partial charge is 0.480 e. The Labute approximate surface area is 75.5 Å². The summed E-state index contributed by atoms with van der Waals surface area (Å²) < 4.78 is 0. The van der Waals surface area contributed by atoms with Crippen molar-refractivity contribution in [3.05, 3.63) is 0 Å². The van der Waals surface area contributed by atoms with Crippen molar-refractivity contribution in [2.75, 3.05) is 5.75 Å². The molecule has 0 bridgehead atoms. The molecule has 0 rings (SSSR count). The van der Waals surface area contributed by atoms with Crippen molar-refractivity contribution in [1.82, 2.24) is 0 Å². The first-order valence-corrected chi connectivity index (χ1v) is 6.07. The van der Waals surface area contributed by atoms with E-state index < -0.39 is 5.97 Å². The zero-order valence-corrected chi connectivity index (χ0v) is 8.50. The van der Waals surface area contributed by atoms with E-state index in [0.29, 0.717) is 0 Å². The highest BCUT2D eigenvalue weighted by atomic mass is 33.1. The summed E-state index contributed by atoms with van der Waals surface area (Å²) in [7, 11) is 3.09. The molecule has 0 saturated carbocycles. The highest BCUT2D eigenvalue weighted by Gasteiger charge is 2.10. The van der Waals surface area contributed by atoms with Crippen molar-refractivity contribution in [2.24, 2.45) is 0 Å². The Hall–Kier alpha value is 0.170. The summed E-state index contributed by atoms with van der Waals surface area (Å²) in [5.74, 6) is 0.331. The third-order valence-corrected chi connectivity index (χ3v) is 4.00. The molecule has 0 heterocycles. The minimum Gasteiger partial charge on any atom is -0.480 e. The molecule has 0 aliphatic rings. The number of hydrogen-bond donors (Lipinski definition) is 1. The van der Waals surface area contributed by atoms with Crippen LogP contribution in [0.1, 0.15) is 26.7 Å². The molecule has 4 heteroatoms. The van der Waals surface area contributed by atoms with Crippen LogP contribution in [-0.4, -0.2) is 22.1 Å². The van der Waals surface area contributed by atoms with E-state index in [-0.39, 0.29) is 5.25 Å². The fourth-order valence-corrected chi connectivity index (χ4v) is 2.69. The molecule has 2 nitrogen and oxygen atoms in total. The summed E-state index contributed by atoms with van der Waals surface area (Å²) in [6.45, 7) is 3.85. The van der Waals surface area contributed by atoms with Crippen molar-refractivity contribution in [2.45, 2.75) is 31.9 Å². The topological polar surface area (TPSA) is 37.3 Å². The van der Waals surface area contributed by atoms with Gasteiger partial charge in [-0.15, -0.1) is 0 Å². The SMILES string of the molecule is CCCCSSC(C)C(=O)O. The molecule has 11 heavy (non-hydrogen) atoms. The Bertz CT molecular complexity index is 117. The van der Waals surface area contributed by atoms with Gasteiger partial charge in [-0.25, -0.2) is 0 Å². The minimum atomic E-state index is -0.723. The molecule has 1 N–H and O–H groups in total. The maximum Gasteiger partial charge on any atom is 0.317 e. The molecular weight excluding hydrogens is 180 g/mol. The first-order valence-electron chi connectivity index (χ1n) is 3.69. The average Bonchev–Trinajstić information content (AvgIpc) is 1.97. The second kappa shape index (κ2) is 6.85. The molecule has 0 amide bonds. The predicted molar refractivity (Wildman–Crippen MR) is 52.1 cm³/mol. The summed E-state index contributed by atoms with van der Waals surface area (Å²) in [6, 6.07) is 0. The molecule has 0 spiro atoms. The van der Waals surface area contributed by atoms with Crippen LogP contribution in [0, 0.1) is 0 Å². The van der Waals surface area contributed by atoms with Crippen molar-refractivity contribution in [3.63, 3.8) is 0 Å². The summed E-state index contributed by atoms with van der Waals surface area (Å²) in [4.78, 5) is 10.3. The van der Waals surface area contributed by atoms with Crippen LogP contribution < -0.4 is 0 Å². The van der Waals surface area contributed by atoms with Crippen molar-refractivity contribution < 1.29 is 9.90 Å². The molecule has 1 atom stereocenters. The maximum atomic E-state index is 10.3. The van der Waals surface area contributed by atoms with Gasteiger partial charge in [0.05, 0.1) is 0 Å². The molecule has 0 saturated heterocycles. The van der Waals surface area contributed by atoms with Crippen LogP contribution in [0.2, 0.25) is 0 Å². The van der Waals surface area contributed by atoms with Gasteiger partial charge in [0, 0.05) is 5.75 Å². The molecular formula is C7H14O2S2. The fourth-order valence-electron chi connectivity index (χ4n) is 0.395. The maximum absolute atomic E-state index is 10.3. The van der Waals surface area contributed by atoms with Gasteiger partial charge < -0.3 is 5.11 Å². The van der Waals surface area contributed by atoms with E-state index in [0.717, 1.165) is 5.75 Å². The van der Waals surface area contributed by atoms with Crippen LogP contribution in [0.4, 0.5) is 0 Å². The number of rotatable bonds is 6. The number of aliphatic carboxylic acids is 1. The monoisotopic (exact) mass is 194 g/mol. The fraction of sp³-hybridized carbons (Fsp3) is 0.857. The Morgan fingerprint density at radius 2 is 2.27 bits per heavy atom. The van der Waals surface area contributed by atoms with E-state index >= 15 is 0 Å². The Kier molecular flexibility index (Phi) is 6.96. The van der Waals surface area contributed by atoms with Gasteiger partial charge in [-0.3, -0.25) is 4.79 Å². The Morgan fingerprint density at radius 3 is 2.73 bits per heavy atom. The van der Waals surface area contributed by atoms with Gasteiger partial charge in [-0.1, -0.05) is 34.9 Å². The van der Waals surface area contributed by atoms with Gasteiger partial charge in [0.2, 0.25) is 0 Å². The zero-order chi connectivity index (χ0) is 8.69. The second-order valence-corrected chi connectivity index (χ2v) is 5.08. The lowest BCUT2D eigenvalue weighted by atomic mass is 10.4. The smallest absolute Gasteiger partial charge is 0.317 e. The lowest BCUT2D eigenvalue weighted by molar-refractivity contribution is -0.136. The van der Waals surface area contributed by atoms with E-state index in [2.05, 4.69) is 6.92 Å². The highest BCUT2D eigenvalue weighted by molar-refractivity contribution is 8.77. The number of carboxylic acid groups (broad SMARTS) is 1. The molecule has 0 radical (unpaired) electrons. The summed E-state index contributed by atoms with van der Waals surface area (Å²) in [6.07, 6.45) is 2.35. The number of hydrogen-bond acceptors (Lipinski definition) is 3. The third kappa shape index (κ3) is 6.56. The number of unbranched alkanes of at least 4 members (excludes halogenated alkanes) is 1. The summed E-state index contributed by atoms with van der Waals surface area (Å²) >= 11 is 0. The van der Waals surface area contributed by atoms with Crippen LogP contribution in [-0.2, 0) is 4.79 Å². The number of carboxylic acids is 1. The van der Waals surface area contributed by atoms with Gasteiger partial charge in [0.25, 0.3) is 0 Å². The van der Waals surface area contributed by atoms with Crippen molar-refractivity contribution >= 4 is 27.6 Å². The zero-order valence-electron chi connectivity index (χ0n) is 6.87. The van der Waals surface area contributed by atoms with Crippen LogP contribution in [0.25, 0.3) is 0 Å². The molecule has 0 aromatic carbocycles. The van der Waals surface area contributed by atoms with Gasteiger partial charge >= 0.3 is 5.97 Å². The van der Waals surface area contributed by atoms with Crippen molar-refractivity contribution in [3.8, 4) is 0 Å². The third-order valence-electron chi connectivity index (χ3n) is 1.14. The molecule has 1 unspecified atom stereocenters. The molecule has 0 aliphatic carbocycles. The average molecular weight is 194 g/mol. The van der Waals surface area contributed by atoms with Crippen LogP contribution in [0.15, 0.2) is 0 Å². The van der Waals surface area contributed by atoms with Crippen LogP contribution in [0.3, 0.4) is 0 Å². The molecule has 0 aromatic heterocycles. The standard InChI is InChI=1S/C7H14O2S2/c1-3-4-5-10-11-6(2)7(8)9/h6H,3-5H2,1-2H3,(H,8,9). The first kappa shape index (κ1) is 11.2. The van der Waals surface area contributed by atoms with Gasteiger partial charge in [0.1, 0.15) is 5.25 Å². The van der Waals surface area contributed by atoms with E-state index in [1.807, 2.05) is 0 Å². The Balaban J connectivity index is 3.17. The van der Waals surface area contributed by atoms with Crippen LogP contribution >= 0.6 is 21.6 Å². The van der Waals surface area contributed by atoms with E-state index in [1.165, 1.54) is 23.6 Å². The Morgan fingerprint density at radius 1 is 1.64 bits per heavy atom. The van der Waals surface area contributed by atoms with Crippen LogP contribution in [0.5, 0.6) is 0 Å². The second-order valence-electron chi connectivity index (χ2n) is 2.25. The molecule has 0 aliphatic heterocycles. The number of carbonyl (C=O) groups is 1. The molecule has 66 valence electrons. The van der Waals surface area contributed by atoms with E-state index in [4.69, 9.17) is 5.11 Å².